The predicted octanol–water partition coefficient (Wildman–Crippen LogP) is 5.24. The number of hydrogen-bond acceptors (Lipinski definition) is 7. The lowest BCUT2D eigenvalue weighted by Crippen LogP contribution is -2.30. The molecule has 0 saturated carbocycles. The minimum absolute atomic E-state index is 0.0431. The SMILES string of the molecule is CCc1ccc2nc(N3C(=O)C(O)=C(C(=O)c4ccco4)C3c3ccc(OC)cc3)sc2c1. The Bertz CT molecular complexity index is 1390. The van der Waals surface area contributed by atoms with Crippen molar-refractivity contribution in [3.8, 4) is 5.75 Å². The van der Waals surface area contributed by atoms with Crippen molar-refractivity contribution in [3.63, 3.8) is 0 Å². The van der Waals surface area contributed by atoms with Gasteiger partial charge in [0.1, 0.15) is 5.75 Å². The molecule has 2 aromatic carbocycles. The van der Waals surface area contributed by atoms with E-state index in [1.807, 2.05) is 18.2 Å². The lowest BCUT2D eigenvalue weighted by molar-refractivity contribution is -0.117. The maximum absolute atomic E-state index is 13.3. The number of rotatable bonds is 6. The Balaban J connectivity index is 1.66. The fraction of sp³-hybridized carbons (Fsp3) is 0.160. The number of aliphatic hydroxyl groups is 1. The van der Waals surface area contributed by atoms with E-state index in [1.165, 1.54) is 28.6 Å². The van der Waals surface area contributed by atoms with Crippen molar-refractivity contribution >= 4 is 38.4 Å². The van der Waals surface area contributed by atoms with Crippen molar-refractivity contribution in [3.05, 3.63) is 89.1 Å². The number of furan rings is 1. The van der Waals surface area contributed by atoms with Gasteiger partial charge in [-0.1, -0.05) is 36.5 Å². The van der Waals surface area contributed by atoms with E-state index < -0.39 is 23.5 Å². The molecule has 0 fully saturated rings. The van der Waals surface area contributed by atoms with Crippen LogP contribution in [-0.2, 0) is 11.2 Å². The number of hydrogen-bond donors (Lipinski definition) is 1. The van der Waals surface area contributed by atoms with Crippen LogP contribution in [0.4, 0.5) is 5.13 Å². The average molecular weight is 461 g/mol. The number of carbonyl (C=O) groups excluding carboxylic acids is 2. The highest BCUT2D eigenvalue weighted by Crippen LogP contribution is 2.44. The van der Waals surface area contributed by atoms with Gasteiger partial charge in [0, 0.05) is 0 Å². The highest BCUT2D eigenvalue weighted by Gasteiger charge is 2.46. The molecule has 0 bridgehead atoms. The topological polar surface area (TPSA) is 92.9 Å². The van der Waals surface area contributed by atoms with E-state index in [1.54, 1.807) is 37.4 Å². The highest BCUT2D eigenvalue weighted by molar-refractivity contribution is 7.22. The van der Waals surface area contributed by atoms with E-state index in [0.717, 1.165) is 22.2 Å². The minimum atomic E-state index is -0.868. The molecule has 166 valence electrons. The summed E-state index contributed by atoms with van der Waals surface area (Å²) in [6, 6.07) is 15.2. The molecule has 0 radical (unpaired) electrons. The summed E-state index contributed by atoms with van der Waals surface area (Å²) in [7, 11) is 1.56. The van der Waals surface area contributed by atoms with Crippen molar-refractivity contribution in [1.82, 2.24) is 4.98 Å². The van der Waals surface area contributed by atoms with Crippen LogP contribution in [0.5, 0.6) is 5.75 Å². The van der Waals surface area contributed by atoms with Crippen molar-refractivity contribution < 1.29 is 23.8 Å². The van der Waals surface area contributed by atoms with Crippen LogP contribution in [0.15, 0.2) is 76.6 Å². The molecule has 0 aliphatic carbocycles. The molecule has 1 unspecified atom stereocenters. The molecule has 5 rings (SSSR count). The molecule has 2 aromatic heterocycles. The van der Waals surface area contributed by atoms with Gasteiger partial charge in [-0.15, -0.1) is 0 Å². The molecule has 7 nitrogen and oxygen atoms in total. The number of methoxy groups -OCH3 is 1. The zero-order valence-electron chi connectivity index (χ0n) is 17.9. The third-order valence-corrected chi connectivity index (χ3v) is 6.70. The van der Waals surface area contributed by atoms with Gasteiger partial charge in [-0.25, -0.2) is 4.98 Å². The lowest BCUT2D eigenvalue weighted by atomic mass is 9.95. The average Bonchev–Trinajstić information content (AvgIpc) is 3.57. The highest BCUT2D eigenvalue weighted by atomic mass is 32.1. The Morgan fingerprint density at radius 3 is 2.67 bits per heavy atom. The van der Waals surface area contributed by atoms with Crippen molar-refractivity contribution in [2.45, 2.75) is 19.4 Å². The van der Waals surface area contributed by atoms with Gasteiger partial charge < -0.3 is 14.3 Å². The molecular weight excluding hydrogens is 440 g/mol. The number of nitrogens with zero attached hydrogens (tertiary/aromatic N) is 2. The summed E-state index contributed by atoms with van der Waals surface area (Å²) in [5.74, 6) is -1.16. The Labute approximate surface area is 193 Å². The Kier molecular flexibility index (Phi) is 5.22. The van der Waals surface area contributed by atoms with Crippen LogP contribution in [0, 0.1) is 0 Å². The van der Waals surface area contributed by atoms with Gasteiger partial charge in [0.25, 0.3) is 5.91 Å². The largest absolute Gasteiger partial charge is 0.503 e. The van der Waals surface area contributed by atoms with Gasteiger partial charge in [-0.2, -0.15) is 0 Å². The molecule has 3 heterocycles. The number of anilines is 1. The zero-order chi connectivity index (χ0) is 23.1. The maximum atomic E-state index is 13.3. The van der Waals surface area contributed by atoms with Crippen LogP contribution in [0.1, 0.15) is 34.6 Å². The third kappa shape index (κ3) is 3.48. The number of carbonyl (C=O) groups is 2. The predicted molar refractivity (Wildman–Crippen MR) is 125 cm³/mol. The number of Topliss-reactive ketones (excluding diaryl/α,β-unsaturated/α-hetero) is 1. The number of ether oxygens (including phenoxy) is 1. The second kappa shape index (κ2) is 8.22. The quantitative estimate of drug-likeness (QED) is 0.396. The molecule has 0 spiro atoms. The van der Waals surface area contributed by atoms with Crippen LogP contribution in [-0.4, -0.2) is 28.9 Å². The molecule has 1 aliphatic heterocycles. The van der Waals surface area contributed by atoms with Crippen LogP contribution < -0.4 is 9.64 Å². The van der Waals surface area contributed by atoms with Crippen molar-refractivity contribution in [2.24, 2.45) is 0 Å². The second-order valence-electron chi connectivity index (χ2n) is 7.57. The van der Waals surface area contributed by atoms with Gasteiger partial charge in [-0.3, -0.25) is 14.5 Å². The second-order valence-corrected chi connectivity index (χ2v) is 8.58. The van der Waals surface area contributed by atoms with Crippen LogP contribution in [0.2, 0.25) is 0 Å². The first-order valence-electron chi connectivity index (χ1n) is 10.4. The Morgan fingerprint density at radius 1 is 1.21 bits per heavy atom. The van der Waals surface area contributed by atoms with Gasteiger partial charge in [0.15, 0.2) is 16.7 Å². The number of ketones is 1. The van der Waals surface area contributed by atoms with Gasteiger partial charge >= 0.3 is 0 Å². The molecular formula is C25H20N2O5S. The van der Waals surface area contributed by atoms with Crippen LogP contribution >= 0.6 is 11.3 Å². The summed E-state index contributed by atoms with van der Waals surface area (Å²) >= 11 is 1.34. The minimum Gasteiger partial charge on any atom is -0.503 e. The zero-order valence-corrected chi connectivity index (χ0v) is 18.8. The number of aliphatic hydroxyl groups excluding tert-OH is 1. The number of benzene rings is 2. The molecule has 1 N–H and O–H groups in total. The van der Waals surface area contributed by atoms with E-state index in [2.05, 4.69) is 11.9 Å². The molecule has 4 aromatic rings. The summed E-state index contributed by atoms with van der Waals surface area (Å²) < 4.78 is 11.4. The Hall–Kier alpha value is -3.91. The summed E-state index contributed by atoms with van der Waals surface area (Å²) in [5, 5.41) is 11.2. The first-order valence-corrected chi connectivity index (χ1v) is 11.2. The summed E-state index contributed by atoms with van der Waals surface area (Å²) in [4.78, 5) is 32.6. The summed E-state index contributed by atoms with van der Waals surface area (Å²) in [6.45, 7) is 2.07. The molecule has 1 atom stereocenters. The maximum Gasteiger partial charge on any atom is 0.296 e. The van der Waals surface area contributed by atoms with Crippen molar-refractivity contribution in [1.29, 1.82) is 0 Å². The van der Waals surface area contributed by atoms with Crippen molar-refractivity contribution in [2.75, 3.05) is 12.0 Å². The fourth-order valence-corrected chi connectivity index (χ4v) is 5.01. The van der Waals surface area contributed by atoms with E-state index in [4.69, 9.17) is 9.15 Å². The first kappa shape index (κ1) is 21.0. The molecule has 33 heavy (non-hydrogen) atoms. The molecule has 8 heteroatoms. The number of aryl methyl sites for hydroxylation is 1. The monoisotopic (exact) mass is 460 g/mol. The summed E-state index contributed by atoms with van der Waals surface area (Å²) in [5.41, 5.74) is 2.50. The van der Waals surface area contributed by atoms with E-state index in [-0.39, 0.29) is 11.3 Å². The standard InChI is InChI=1S/C25H20N2O5S/c1-3-14-6-11-17-19(13-14)33-25(26-17)27-21(15-7-9-16(31-2)10-8-15)20(23(29)24(27)30)22(28)18-5-4-12-32-18/h4-13,21,29H,3H2,1-2H3. The van der Waals surface area contributed by atoms with Crippen LogP contribution in [0.25, 0.3) is 10.2 Å². The van der Waals surface area contributed by atoms with Gasteiger partial charge in [0.05, 0.1) is 35.2 Å². The number of aromatic nitrogens is 1. The molecule has 1 amide bonds. The molecule has 1 aliphatic rings. The summed E-state index contributed by atoms with van der Waals surface area (Å²) in [6.07, 6.45) is 2.26. The van der Waals surface area contributed by atoms with Gasteiger partial charge in [-0.05, 0) is 53.9 Å². The number of fused-ring (bicyclic) bond motifs is 1. The number of amides is 1. The fourth-order valence-electron chi connectivity index (χ4n) is 3.96. The number of thiazole rings is 1. The van der Waals surface area contributed by atoms with E-state index in [0.29, 0.717) is 16.4 Å². The first-order chi connectivity index (χ1) is 16.0. The van der Waals surface area contributed by atoms with E-state index >= 15 is 0 Å². The lowest BCUT2D eigenvalue weighted by Gasteiger charge is -2.24. The van der Waals surface area contributed by atoms with E-state index in [9.17, 15) is 14.7 Å². The third-order valence-electron chi connectivity index (χ3n) is 5.69. The van der Waals surface area contributed by atoms with Crippen LogP contribution in [0.3, 0.4) is 0 Å². The smallest absolute Gasteiger partial charge is 0.296 e. The molecule has 0 saturated heterocycles. The normalized spacial score (nSPS) is 16.1. The Morgan fingerprint density at radius 2 is 2.00 bits per heavy atom. The van der Waals surface area contributed by atoms with Gasteiger partial charge in [0.2, 0.25) is 5.78 Å².